The summed E-state index contributed by atoms with van der Waals surface area (Å²) in [6, 6.07) is 0. The molecule has 0 bridgehead atoms. The second-order valence-corrected chi connectivity index (χ2v) is 7.13. The summed E-state index contributed by atoms with van der Waals surface area (Å²) in [5.74, 6) is 0. The van der Waals surface area contributed by atoms with E-state index in [4.69, 9.17) is 0 Å². The van der Waals surface area contributed by atoms with Crippen LogP contribution in [0.15, 0.2) is 0 Å². The SMILES string of the molecule is CCCCCCCCCCCCCCCC(C)(C)NC. The summed E-state index contributed by atoms with van der Waals surface area (Å²) in [6.45, 7) is 6.89. The number of unbranched alkanes of at least 4 members (excludes halogenated alkanes) is 12. The lowest BCUT2D eigenvalue weighted by Gasteiger charge is -2.23. The zero-order valence-corrected chi connectivity index (χ0v) is 14.9. The van der Waals surface area contributed by atoms with Crippen molar-refractivity contribution in [3.63, 3.8) is 0 Å². The van der Waals surface area contributed by atoms with Crippen LogP contribution < -0.4 is 5.32 Å². The summed E-state index contributed by atoms with van der Waals surface area (Å²) in [6.07, 6.45) is 20.1. The van der Waals surface area contributed by atoms with Crippen LogP contribution in [-0.4, -0.2) is 12.6 Å². The molecule has 0 aromatic rings. The molecule has 122 valence electrons. The van der Waals surface area contributed by atoms with Crippen molar-refractivity contribution in [2.75, 3.05) is 7.05 Å². The molecule has 0 aliphatic carbocycles. The minimum Gasteiger partial charge on any atom is -0.315 e. The first-order valence-corrected chi connectivity index (χ1v) is 9.31. The average Bonchev–Trinajstić information content (AvgIpc) is 2.44. The van der Waals surface area contributed by atoms with Gasteiger partial charge in [0.05, 0.1) is 0 Å². The minimum atomic E-state index is 0.331. The van der Waals surface area contributed by atoms with Gasteiger partial charge in [0, 0.05) is 5.54 Å². The van der Waals surface area contributed by atoms with Gasteiger partial charge >= 0.3 is 0 Å². The Morgan fingerprint density at radius 3 is 1.30 bits per heavy atom. The van der Waals surface area contributed by atoms with Gasteiger partial charge < -0.3 is 5.32 Å². The molecule has 0 amide bonds. The molecule has 1 N–H and O–H groups in total. The van der Waals surface area contributed by atoms with Crippen LogP contribution in [-0.2, 0) is 0 Å². The van der Waals surface area contributed by atoms with Gasteiger partial charge in [-0.05, 0) is 27.3 Å². The molecule has 0 fully saturated rings. The van der Waals surface area contributed by atoms with Crippen molar-refractivity contribution < 1.29 is 0 Å². The molecule has 0 aromatic heterocycles. The van der Waals surface area contributed by atoms with E-state index < -0.39 is 0 Å². The highest BCUT2D eigenvalue weighted by atomic mass is 14.9. The Hall–Kier alpha value is -0.0400. The Kier molecular flexibility index (Phi) is 13.9. The summed E-state index contributed by atoms with van der Waals surface area (Å²) in [5.41, 5.74) is 0.331. The molecule has 0 heterocycles. The molecule has 1 nitrogen and oxygen atoms in total. The van der Waals surface area contributed by atoms with Gasteiger partial charge in [-0.15, -0.1) is 0 Å². The average molecular weight is 284 g/mol. The van der Waals surface area contributed by atoms with Crippen LogP contribution >= 0.6 is 0 Å². The Morgan fingerprint density at radius 1 is 0.600 bits per heavy atom. The standard InChI is InChI=1S/C19H41N/c1-5-6-7-8-9-10-11-12-13-14-15-16-17-18-19(2,3)20-4/h20H,5-18H2,1-4H3. The van der Waals surface area contributed by atoms with Crippen molar-refractivity contribution in [2.45, 2.75) is 116 Å². The summed E-state index contributed by atoms with van der Waals surface area (Å²) in [7, 11) is 2.07. The quantitative estimate of drug-likeness (QED) is 0.340. The predicted octanol–water partition coefficient (Wildman–Crippen LogP) is 6.47. The van der Waals surface area contributed by atoms with E-state index in [1.165, 1.54) is 89.9 Å². The van der Waals surface area contributed by atoms with E-state index in [2.05, 4.69) is 33.1 Å². The molecule has 0 spiro atoms. The largest absolute Gasteiger partial charge is 0.315 e. The summed E-state index contributed by atoms with van der Waals surface area (Å²) in [4.78, 5) is 0. The highest BCUT2D eigenvalue weighted by Gasteiger charge is 2.12. The normalized spacial score (nSPS) is 12.0. The highest BCUT2D eigenvalue weighted by Crippen LogP contribution is 2.16. The molecule has 0 atom stereocenters. The third-order valence-electron chi connectivity index (χ3n) is 4.58. The maximum absolute atomic E-state index is 3.38. The molecule has 0 saturated carbocycles. The molecule has 0 rings (SSSR count). The first kappa shape index (κ1) is 20.0. The Balaban J connectivity index is 3.06. The van der Waals surface area contributed by atoms with E-state index in [0.29, 0.717) is 5.54 Å². The fourth-order valence-corrected chi connectivity index (χ4v) is 2.71. The minimum absolute atomic E-state index is 0.331. The van der Waals surface area contributed by atoms with E-state index in [1.807, 2.05) is 0 Å². The second kappa shape index (κ2) is 13.9. The summed E-state index contributed by atoms with van der Waals surface area (Å²) in [5, 5.41) is 3.38. The van der Waals surface area contributed by atoms with E-state index in [-0.39, 0.29) is 0 Å². The first-order valence-electron chi connectivity index (χ1n) is 9.31. The third-order valence-corrected chi connectivity index (χ3v) is 4.58. The van der Waals surface area contributed by atoms with Crippen LogP contribution in [0.25, 0.3) is 0 Å². The van der Waals surface area contributed by atoms with E-state index in [1.54, 1.807) is 0 Å². The monoisotopic (exact) mass is 283 g/mol. The first-order chi connectivity index (χ1) is 9.62. The number of nitrogens with one attached hydrogen (secondary N) is 1. The lowest BCUT2D eigenvalue weighted by atomic mass is 9.96. The molecule has 0 unspecified atom stereocenters. The van der Waals surface area contributed by atoms with Crippen LogP contribution in [0.4, 0.5) is 0 Å². The molecular weight excluding hydrogens is 242 g/mol. The Bertz CT molecular complexity index is 186. The van der Waals surface area contributed by atoms with Crippen LogP contribution in [0, 0.1) is 0 Å². The van der Waals surface area contributed by atoms with E-state index in [9.17, 15) is 0 Å². The van der Waals surface area contributed by atoms with Crippen LogP contribution in [0.2, 0.25) is 0 Å². The smallest absolute Gasteiger partial charge is 0.0122 e. The van der Waals surface area contributed by atoms with Crippen LogP contribution in [0.1, 0.15) is 111 Å². The van der Waals surface area contributed by atoms with Gasteiger partial charge in [-0.3, -0.25) is 0 Å². The molecule has 1 heteroatoms. The number of hydrogen-bond acceptors (Lipinski definition) is 1. The van der Waals surface area contributed by atoms with E-state index >= 15 is 0 Å². The van der Waals surface area contributed by atoms with Crippen molar-refractivity contribution >= 4 is 0 Å². The van der Waals surface area contributed by atoms with Gasteiger partial charge in [0.15, 0.2) is 0 Å². The zero-order chi connectivity index (χ0) is 15.1. The van der Waals surface area contributed by atoms with Gasteiger partial charge in [-0.25, -0.2) is 0 Å². The van der Waals surface area contributed by atoms with Gasteiger partial charge in [-0.2, -0.15) is 0 Å². The molecule has 0 saturated heterocycles. The molecular formula is C19H41N. The van der Waals surface area contributed by atoms with Crippen molar-refractivity contribution in [3.05, 3.63) is 0 Å². The fraction of sp³-hybridized carbons (Fsp3) is 1.00. The maximum atomic E-state index is 3.38. The van der Waals surface area contributed by atoms with Gasteiger partial charge in [0.1, 0.15) is 0 Å². The van der Waals surface area contributed by atoms with Gasteiger partial charge in [-0.1, -0.05) is 90.4 Å². The lowest BCUT2D eigenvalue weighted by Crippen LogP contribution is -2.35. The lowest BCUT2D eigenvalue weighted by molar-refractivity contribution is 0.373. The maximum Gasteiger partial charge on any atom is 0.0122 e. The topological polar surface area (TPSA) is 12.0 Å². The molecule has 0 aromatic carbocycles. The molecule has 0 aliphatic heterocycles. The van der Waals surface area contributed by atoms with Crippen LogP contribution in [0.3, 0.4) is 0 Å². The second-order valence-electron chi connectivity index (χ2n) is 7.13. The van der Waals surface area contributed by atoms with Crippen LogP contribution in [0.5, 0.6) is 0 Å². The van der Waals surface area contributed by atoms with Gasteiger partial charge in [0.2, 0.25) is 0 Å². The van der Waals surface area contributed by atoms with Crippen molar-refractivity contribution in [3.8, 4) is 0 Å². The summed E-state index contributed by atoms with van der Waals surface area (Å²) >= 11 is 0. The number of hydrogen-bond donors (Lipinski definition) is 1. The Morgan fingerprint density at radius 2 is 0.950 bits per heavy atom. The van der Waals surface area contributed by atoms with E-state index in [0.717, 1.165) is 0 Å². The molecule has 20 heavy (non-hydrogen) atoms. The fourth-order valence-electron chi connectivity index (χ4n) is 2.71. The van der Waals surface area contributed by atoms with Crippen molar-refractivity contribution in [1.82, 2.24) is 5.32 Å². The molecule has 0 aliphatic rings. The highest BCUT2D eigenvalue weighted by molar-refractivity contribution is 4.74. The van der Waals surface area contributed by atoms with Crippen molar-refractivity contribution in [2.24, 2.45) is 0 Å². The zero-order valence-electron chi connectivity index (χ0n) is 14.9. The van der Waals surface area contributed by atoms with Gasteiger partial charge in [0.25, 0.3) is 0 Å². The third kappa shape index (κ3) is 14.4. The predicted molar refractivity (Wildman–Crippen MR) is 93.5 cm³/mol. The number of rotatable bonds is 15. The molecule has 0 radical (unpaired) electrons. The van der Waals surface area contributed by atoms with Crippen molar-refractivity contribution in [1.29, 1.82) is 0 Å². The Labute approximate surface area is 129 Å². The summed E-state index contributed by atoms with van der Waals surface area (Å²) < 4.78 is 0.